The van der Waals surface area contributed by atoms with E-state index in [1.54, 1.807) is 0 Å². The zero-order chi connectivity index (χ0) is 23.5. The maximum absolute atomic E-state index is 12.6. The molecule has 0 atom stereocenters. The van der Waals surface area contributed by atoms with E-state index in [1.165, 1.54) is 32.7 Å². The van der Waals surface area contributed by atoms with E-state index in [9.17, 15) is 4.79 Å². The number of hydrogen-bond acceptors (Lipinski definition) is 2. The van der Waals surface area contributed by atoms with Gasteiger partial charge in [0.1, 0.15) is 0 Å². The van der Waals surface area contributed by atoms with Crippen LogP contribution in [0.25, 0.3) is 33.7 Å². The van der Waals surface area contributed by atoms with Gasteiger partial charge in [0.25, 0.3) is 0 Å². The number of ether oxygens (including phenoxy) is 1. The third-order valence-electron chi connectivity index (χ3n) is 6.31. The highest BCUT2D eigenvalue weighted by Crippen LogP contribution is 2.30. The Morgan fingerprint density at radius 1 is 0.824 bits per heavy atom. The van der Waals surface area contributed by atoms with Crippen LogP contribution >= 0.6 is 0 Å². The first-order valence-electron chi connectivity index (χ1n) is 11.7. The van der Waals surface area contributed by atoms with Gasteiger partial charge >= 0.3 is 5.97 Å². The molecule has 3 heteroatoms. The molecule has 0 unspecified atom stereocenters. The van der Waals surface area contributed by atoms with Crippen molar-refractivity contribution in [2.24, 2.45) is 0 Å². The van der Waals surface area contributed by atoms with Crippen molar-refractivity contribution < 1.29 is 9.53 Å². The Balaban J connectivity index is 1.65. The number of carbonyl (C=O) groups excluding carboxylic acids is 1. The number of hydrogen-bond donors (Lipinski definition) is 0. The Kier molecular flexibility index (Phi) is 6.01. The van der Waals surface area contributed by atoms with Gasteiger partial charge in [-0.25, -0.2) is 4.79 Å². The molecule has 0 N–H and O–H groups in total. The predicted octanol–water partition coefficient (Wildman–Crippen LogP) is 7.50. The standard InChI is InChI=1S/C31H27NO2/c1-3-34-31(33)30-20-26(32(22(30)2)21-23-11-5-4-6-12-23)17-18-29-27-15-9-7-13-24(27)19-25-14-8-10-16-28(25)29/h4-20H,3,21H2,1-2H3/b18-17+. The first-order valence-corrected chi connectivity index (χ1v) is 11.7. The molecular formula is C31H27NO2. The second-order valence-corrected chi connectivity index (χ2v) is 8.43. The number of benzene rings is 4. The third-order valence-corrected chi connectivity index (χ3v) is 6.31. The first kappa shape index (κ1) is 21.7. The highest BCUT2D eigenvalue weighted by atomic mass is 16.5. The van der Waals surface area contributed by atoms with Gasteiger partial charge in [0.15, 0.2) is 0 Å². The summed E-state index contributed by atoms with van der Waals surface area (Å²) >= 11 is 0. The summed E-state index contributed by atoms with van der Waals surface area (Å²) in [6.45, 7) is 4.86. The van der Waals surface area contributed by atoms with Crippen molar-refractivity contribution >= 4 is 39.7 Å². The summed E-state index contributed by atoms with van der Waals surface area (Å²) in [4.78, 5) is 12.6. The van der Waals surface area contributed by atoms with Crippen molar-refractivity contribution in [1.82, 2.24) is 4.57 Å². The summed E-state index contributed by atoms with van der Waals surface area (Å²) < 4.78 is 7.51. The third kappa shape index (κ3) is 4.13. The molecule has 5 rings (SSSR count). The van der Waals surface area contributed by atoms with Gasteiger partial charge < -0.3 is 9.30 Å². The molecule has 0 saturated carbocycles. The lowest BCUT2D eigenvalue weighted by Gasteiger charge is -2.11. The Labute approximate surface area is 199 Å². The van der Waals surface area contributed by atoms with Crippen LogP contribution in [-0.2, 0) is 11.3 Å². The molecule has 0 amide bonds. The van der Waals surface area contributed by atoms with Gasteiger partial charge in [0.05, 0.1) is 12.2 Å². The molecule has 5 aromatic rings. The van der Waals surface area contributed by atoms with E-state index in [4.69, 9.17) is 4.74 Å². The zero-order valence-corrected chi connectivity index (χ0v) is 19.5. The van der Waals surface area contributed by atoms with E-state index >= 15 is 0 Å². The van der Waals surface area contributed by atoms with Gasteiger partial charge in [-0.05, 0) is 64.7 Å². The summed E-state index contributed by atoms with van der Waals surface area (Å²) in [5, 5.41) is 4.84. The molecule has 0 radical (unpaired) electrons. The van der Waals surface area contributed by atoms with Crippen LogP contribution in [0.4, 0.5) is 0 Å². The minimum Gasteiger partial charge on any atom is -0.462 e. The van der Waals surface area contributed by atoms with Crippen LogP contribution in [0.5, 0.6) is 0 Å². The number of fused-ring (bicyclic) bond motifs is 2. The van der Waals surface area contributed by atoms with Crippen molar-refractivity contribution in [3.8, 4) is 0 Å². The summed E-state index contributed by atoms with van der Waals surface area (Å²) in [7, 11) is 0. The van der Waals surface area contributed by atoms with E-state index in [1.807, 2.05) is 38.1 Å². The van der Waals surface area contributed by atoms with E-state index in [0.717, 1.165) is 11.4 Å². The fourth-order valence-corrected chi connectivity index (χ4v) is 4.60. The number of esters is 1. The smallest absolute Gasteiger partial charge is 0.339 e. The molecular weight excluding hydrogens is 418 g/mol. The normalized spacial score (nSPS) is 11.5. The quantitative estimate of drug-likeness (QED) is 0.200. The fraction of sp³-hybridized carbons (Fsp3) is 0.129. The van der Waals surface area contributed by atoms with Crippen molar-refractivity contribution in [2.75, 3.05) is 6.61 Å². The second-order valence-electron chi connectivity index (χ2n) is 8.43. The maximum atomic E-state index is 12.6. The van der Waals surface area contributed by atoms with Crippen LogP contribution in [0.1, 0.15) is 39.8 Å². The lowest BCUT2D eigenvalue weighted by atomic mass is 9.96. The molecule has 4 aromatic carbocycles. The van der Waals surface area contributed by atoms with Gasteiger partial charge in [-0.3, -0.25) is 0 Å². The Morgan fingerprint density at radius 3 is 2.09 bits per heavy atom. The van der Waals surface area contributed by atoms with Crippen molar-refractivity contribution in [3.05, 3.63) is 119 Å². The highest BCUT2D eigenvalue weighted by Gasteiger charge is 2.18. The molecule has 1 aromatic heterocycles. The van der Waals surface area contributed by atoms with Crippen molar-refractivity contribution in [1.29, 1.82) is 0 Å². The van der Waals surface area contributed by atoms with Gasteiger partial charge in [-0.15, -0.1) is 0 Å². The lowest BCUT2D eigenvalue weighted by molar-refractivity contribution is 0.0525. The predicted molar refractivity (Wildman–Crippen MR) is 141 cm³/mol. The molecule has 3 nitrogen and oxygen atoms in total. The van der Waals surface area contributed by atoms with Gasteiger partial charge in [-0.1, -0.05) is 84.9 Å². The number of carbonyl (C=O) groups is 1. The summed E-state index contributed by atoms with van der Waals surface area (Å²) in [6.07, 6.45) is 4.29. The molecule has 1 heterocycles. The lowest BCUT2D eigenvalue weighted by Crippen LogP contribution is -2.08. The van der Waals surface area contributed by atoms with E-state index < -0.39 is 0 Å². The zero-order valence-electron chi connectivity index (χ0n) is 19.5. The minimum atomic E-state index is -0.280. The molecule has 0 saturated heterocycles. The molecule has 0 spiro atoms. The average molecular weight is 446 g/mol. The summed E-state index contributed by atoms with van der Waals surface area (Å²) in [5.41, 5.74) is 4.85. The van der Waals surface area contributed by atoms with Crippen LogP contribution < -0.4 is 0 Å². The Morgan fingerprint density at radius 2 is 1.44 bits per heavy atom. The number of rotatable bonds is 6. The maximum Gasteiger partial charge on any atom is 0.339 e. The van der Waals surface area contributed by atoms with Crippen LogP contribution in [0.3, 0.4) is 0 Å². The molecule has 0 bridgehead atoms. The Hall–Kier alpha value is -4.11. The van der Waals surface area contributed by atoms with Gasteiger partial charge in [-0.2, -0.15) is 0 Å². The van der Waals surface area contributed by atoms with E-state index in [0.29, 0.717) is 18.7 Å². The van der Waals surface area contributed by atoms with Crippen molar-refractivity contribution in [3.63, 3.8) is 0 Å². The monoisotopic (exact) mass is 445 g/mol. The average Bonchev–Trinajstić information content (AvgIpc) is 3.17. The van der Waals surface area contributed by atoms with Crippen LogP contribution in [-0.4, -0.2) is 17.1 Å². The van der Waals surface area contributed by atoms with Gasteiger partial charge in [0, 0.05) is 17.9 Å². The molecule has 0 fully saturated rings. The van der Waals surface area contributed by atoms with E-state index in [-0.39, 0.29) is 5.97 Å². The largest absolute Gasteiger partial charge is 0.462 e. The highest BCUT2D eigenvalue weighted by molar-refractivity contribution is 6.08. The second kappa shape index (κ2) is 9.40. The van der Waals surface area contributed by atoms with Crippen LogP contribution in [0.15, 0.2) is 91.0 Å². The SMILES string of the molecule is CCOC(=O)c1cc(/C=C/c2c3ccccc3cc3ccccc23)n(Cc2ccccc2)c1C. The van der Waals surface area contributed by atoms with Gasteiger partial charge in [0.2, 0.25) is 0 Å². The van der Waals surface area contributed by atoms with Crippen LogP contribution in [0.2, 0.25) is 0 Å². The number of nitrogens with zero attached hydrogens (tertiary/aromatic N) is 1. The van der Waals surface area contributed by atoms with E-state index in [2.05, 4.69) is 83.4 Å². The van der Waals surface area contributed by atoms with Crippen LogP contribution in [0, 0.1) is 6.92 Å². The molecule has 168 valence electrons. The molecule has 0 aliphatic carbocycles. The minimum absolute atomic E-state index is 0.280. The molecule has 34 heavy (non-hydrogen) atoms. The first-order chi connectivity index (χ1) is 16.7. The fourth-order valence-electron chi connectivity index (χ4n) is 4.60. The molecule has 0 aliphatic heterocycles. The summed E-state index contributed by atoms with van der Waals surface area (Å²) in [5.74, 6) is -0.280. The van der Waals surface area contributed by atoms with Crippen molar-refractivity contribution in [2.45, 2.75) is 20.4 Å². The summed E-state index contributed by atoms with van der Waals surface area (Å²) in [6, 6.07) is 31.4. The topological polar surface area (TPSA) is 31.2 Å². The Bertz CT molecular complexity index is 1460. The number of aromatic nitrogens is 1. The molecule has 0 aliphatic rings.